The molecule has 1 amide bonds. The number of hydrogen-bond acceptors (Lipinski definition) is 9. The highest BCUT2D eigenvalue weighted by Crippen LogP contribution is 2.23. The summed E-state index contributed by atoms with van der Waals surface area (Å²) in [6, 6.07) is 1.86. The van der Waals surface area contributed by atoms with Crippen LogP contribution in [0.4, 0.5) is 5.82 Å². The van der Waals surface area contributed by atoms with Crippen molar-refractivity contribution in [3.05, 3.63) is 42.4 Å². The summed E-state index contributed by atoms with van der Waals surface area (Å²) in [5.74, 6) is 1.37. The average molecular weight is 410 g/mol. The number of nitrogens with one attached hydrogen (secondary N) is 1. The Bertz CT molecular complexity index is 1120. The zero-order valence-electron chi connectivity index (χ0n) is 15.4. The van der Waals surface area contributed by atoms with Crippen molar-refractivity contribution in [1.82, 2.24) is 44.6 Å². The van der Waals surface area contributed by atoms with Crippen molar-refractivity contribution in [2.24, 2.45) is 5.92 Å². The Kier molecular flexibility index (Phi) is 4.60. The predicted molar refractivity (Wildman–Crippen MR) is 105 cm³/mol. The second-order valence-corrected chi connectivity index (χ2v) is 7.60. The van der Waals surface area contributed by atoms with Crippen LogP contribution in [0.1, 0.15) is 18.5 Å². The molecule has 148 valence electrons. The van der Waals surface area contributed by atoms with E-state index in [0.29, 0.717) is 18.9 Å². The summed E-state index contributed by atoms with van der Waals surface area (Å²) in [6.45, 7) is 1.90. The van der Waals surface area contributed by atoms with E-state index in [1.54, 1.807) is 15.5 Å². The average Bonchev–Trinajstić information content (AvgIpc) is 3.51. The van der Waals surface area contributed by atoms with Gasteiger partial charge in [-0.1, -0.05) is 0 Å². The minimum absolute atomic E-state index is 0.0414. The van der Waals surface area contributed by atoms with E-state index in [2.05, 4.69) is 40.3 Å². The van der Waals surface area contributed by atoms with E-state index in [4.69, 9.17) is 0 Å². The molecule has 12 heteroatoms. The molecular weight excluding hydrogens is 392 g/mol. The first-order valence-corrected chi connectivity index (χ1v) is 10.1. The molecule has 1 N–H and O–H groups in total. The third-order valence-corrected chi connectivity index (χ3v) is 5.82. The molecule has 5 heterocycles. The van der Waals surface area contributed by atoms with Crippen molar-refractivity contribution in [3.63, 3.8) is 0 Å². The highest BCUT2D eigenvalue weighted by atomic mass is 32.1. The first-order valence-electron chi connectivity index (χ1n) is 9.24. The van der Waals surface area contributed by atoms with Crippen molar-refractivity contribution in [2.75, 3.05) is 18.0 Å². The van der Waals surface area contributed by atoms with Gasteiger partial charge in [0.1, 0.15) is 31.1 Å². The van der Waals surface area contributed by atoms with E-state index in [9.17, 15) is 4.79 Å². The van der Waals surface area contributed by atoms with Gasteiger partial charge in [0, 0.05) is 24.5 Å². The summed E-state index contributed by atoms with van der Waals surface area (Å²) < 4.78 is 3.34. The maximum absolute atomic E-state index is 12.8. The Morgan fingerprint density at radius 2 is 2.10 bits per heavy atom. The number of hydrogen-bond donors (Lipinski definition) is 1. The van der Waals surface area contributed by atoms with Crippen molar-refractivity contribution in [2.45, 2.75) is 19.4 Å². The lowest BCUT2D eigenvalue weighted by Crippen LogP contribution is -2.43. The van der Waals surface area contributed by atoms with Gasteiger partial charge in [-0.3, -0.25) is 4.79 Å². The number of carbonyl (C=O) groups is 1. The summed E-state index contributed by atoms with van der Waals surface area (Å²) in [4.78, 5) is 32.4. The molecule has 1 aliphatic rings. The number of amides is 1. The molecule has 0 radical (unpaired) electrons. The lowest BCUT2D eigenvalue weighted by molar-refractivity contribution is -0.125. The fraction of sp³-hybridized carbons (Fsp3) is 0.353. The number of carbonyl (C=O) groups excluding carboxylic acids is 1. The van der Waals surface area contributed by atoms with Gasteiger partial charge >= 0.3 is 0 Å². The predicted octanol–water partition coefficient (Wildman–Crippen LogP) is 0.694. The maximum Gasteiger partial charge on any atom is 0.225 e. The molecule has 5 rings (SSSR count). The number of fused-ring (bicyclic) bond motifs is 1. The zero-order valence-corrected chi connectivity index (χ0v) is 16.2. The fourth-order valence-electron chi connectivity index (χ4n) is 3.48. The van der Waals surface area contributed by atoms with Crippen LogP contribution in [0, 0.1) is 5.92 Å². The molecule has 0 aromatic carbocycles. The minimum atomic E-state index is -0.0987. The van der Waals surface area contributed by atoms with E-state index in [1.807, 2.05) is 11.4 Å². The SMILES string of the molecule is O=C(NCc1csc2ncnn12)C1CCCN(c2cc(-n3cncn3)ncn2)C1. The number of piperidine rings is 1. The van der Waals surface area contributed by atoms with Crippen LogP contribution < -0.4 is 10.2 Å². The summed E-state index contributed by atoms with van der Waals surface area (Å²) in [6.07, 6.45) is 7.86. The Hall–Kier alpha value is -3.41. The summed E-state index contributed by atoms with van der Waals surface area (Å²) in [5, 5.41) is 13.3. The molecule has 0 bridgehead atoms. The van der Waals surface area contributed by atoms with Gasteiger partial charge < -0.3 is 10.2 Å². The first kappa shape index (κ1) is 17.7. The summed E-state index contributed by atoms with van der Waals surface area (Å²) in [5.41, 5.74) is 0.928. The Morgan fingerprint density at radius 3 is 3.00 bits per heavy atom. The second-order valence-electron chi connectivity index (χ2n) is 6.76. The highest BCUT2D eigenvalue weighted by Gasteiger charge is 2.27. The van der Waals surface area contributed by atoms with Gasteiger partial charge in [0.05, 0.1) is 18.2 Å². The third-order valence-electron chi connectivity index (χ3n) is 4.94. The Balaban J connectivity index is 1.25. The second kappa shape index (κ2) is 7.54. The lowest BCUT2D eigenvalue weighted by atomic mass is 9.97. The molecule has 1 fully saturated rings. The Morgan fingerprint density at radius 1 is 1.17 bits per heavy atom. The molecular formula is C17H18N10OS. The number of anilines is 1. The van der Waals surface area contributed by atoms with Crippen molar-refractivity contribution >= 4 is 28.0 Å². The summed E-state index contributed by atoms with van der Waals surface area (Å²) >= 11 is 1.51. The topological polar surface area (TPSA) is 119 Å². The van der Waals surface area contributed by atoms with Gasteiger partial charge in [-0.2, -0.15) is 10.2 Å². The maximum atomic E-state index is 12.8. The molecule has 1 saturated heterocycles. The van der Waals surface area contributed by atoms with Gasteiger partial charge in [-0.15, -0.1) is 11.3 Å². The number of nitrogens with zero attached hydrogens (tertiary/aromatic N) is 9. The van der Waals surface area contributed by atoms with Crippen molar-refractivity contribution in [3.8, 4) is 5.82 Å². The van der Waals surface area contributed by atoms with Gasteiger partial charge in [-0.05, 0) is 12.8 Å². The lowest BCUT2D eigenvalue weighted by Gasteiger charge is -2.32. The largest absolute Gasteiger partial charge is 0.356 e. The molecule has 29 heavy (non-hydrogen) atoms. The quantitative estimate of drug-likeness (QED) is 0.511. The van der Waals surface area contributed by atoms with E-state index >= 15 is 0 Å². The standard InChI is InChI=1S/C17H18N10OS/c28-16(19-5-13-7-29-17-22-10-24-27(13)17)12-2-1-3-25(6-12)14-4-15(21-9-20-14)26-11-18-8-23-26/h4,7-12H,1-3,5-6H2,(H,19,28). The molecule has 0 aliphatic carbocycles. The molecule has 4 aromatic rings. The van der Waals surface area contributed by atoms with E-state index in [-0.39, 0.29) is 11.8 Å². The van der Waals surface area contributed by atoms with E-state index in [0.717, 1.165) is 35.9 Å². The van der Waals surface area contributed by atoms with E-state index in [1.165, 1.54) is 30.3 Å². The molecule has 0 spiro atoms. The number of aromatic nitrogens is 8. The van der Waals surface area contributed by atoms with E-state index < -0.39 is 0 Å². The monoisotopic (exact) mass is 410 g/mol. The van der Waals surface area contributed by atoms with Crippen LogP contribution in [0.2, 0.25) is 0 Å². The molecule has 1 aliphatic heterocycles. The van der Waals surface area contributed by atoms with Crippen LogP contribution >= 0.6 is 11.3 Å². The van der Waals surface area contributed by atoms with Crippen LogP contribution in [-0.4, -0.2) is 58.3 Å². The molecule has 1 atom stereocenters. The van der Waals surface area contributed by atoms with Crippen LogP contribution in [-0.2, 0) is 11.3 Å². The first-order chi connectivity index (χ1) is 14.3. The van der Waals surface area contributed by atoms with Crippen molar-refractivity contribution in [1.29, 1.82) is 0 Å². The van der Waals surface area contributed by atoms with Gasteiger partial charge in [0.25, 0.3) is 0 Å². The minimum Gasteiger partial charge on any atom is -0.356 e. The van der Waals surface area contributed by atoms with Crippen molar-refractivity contribution < 1.29 is 4.79 Å². The van der Waals surface area contributed by atoms with Crippen LogP contribution in [0.25, 0.3) is 10.8 Å². The van der Waals surface area contributed by atoms with Crippen LogP contribution in [0.5, 0.6) is 0 Å². The molecule has 1 unspecified atom stereocenters. The highest BCUT2D eigenvalue weighted by molar-refractivity contribution is 7.15. The Labute approximate surface area is 169 Å². The van der Waals surface area contributed by atoms with Gasteiger partial charge in [0.2, 0.25) is 10.9 Å². The number of rotatable bonds is 5. The third kappa shape index (κ3) is 3.53. The zero-order chi connectivity index (χ0) is 19.6. The molecule has 4 aromatic heterocycles. The van der Waals surface area contributed by atoms with Gasteiger partial charge in [0.15, 0.2) is 5.82 Å². The molecule has 0 saturated carbocycles. The summed E-state index contributed by atoms with van der Waals surface area (Å²) in [7, 11) is 0. The van der Waals surface area contributed by atoms with Crippen LogP contribution in [0.3, 0.4) is 0 Å². The normalized spacial score (nSPS) is 17.0. The molecule has 11 nitrogen and oxygen atoms in total. The smallest absolute Gasteiger partial charge is 0.225 e. The van der Waals surface area contributed by atoms with Crippen LogP contribution in [0.15, 0.2) is 36.8 Å². The number of thiazole rings is 1. The fourth-order valence-corrected chi connectivity index (χ4v) is 4.28. The van der Waals surface area contributed by atoms with Gasteiger partial charge in [-0.25, -0.2) is 29.1 Å².